The second-order valence-corrected chi connectivity index (χ2v) is 5.38. The van der Waals surface area contributed by atoms with Gasteiger partial charge in [-0.15, -0.1) is 0 Å². The standard InChI is InChI=1S/C13H21N5O/c1-19-8-13-16-11(14)6-12(17-13)15-9-4-5-18(7-9)10-2-3-10/h6,9-10H,2-5,7-8H2,1H3,(H3,14,15,16,17). The van der Waals surface area contributed by atoms with Gasteiger partial charge in [0.15, 0.2) is 5.82 Å². The number of likely N-dealkylation sites (tertiary alicyclic amines) is 1. The lowest BCUT2D eigenvalue weighted by Crippen LogP contribution is -2.28. The molecule has 19 heavy (non-hydrogen) atoms. The lowest BCUT2D eigenvalue weighted by Gasteiger charge is -2.16. The van der Waals surface area contributed by atoms with Crippen molar-refractivity contribution in [1.29, 1.82) is 0 Å². The fraction of sp³-hybridized carbons (Fsp3) is 0.692. The van der Waals surface area contributed by atoms with Gasteiger partial charge < -0.3 is 15.8 Å². The molecule has 3 rings (SSSR count). The Kier molecular flexibility index (Phi) is 3.52. The number of anilines is 2. The van der Waals surface area contributed by atoms with Crippen molar-refractivity contribution in [3.63, 3.8) is 0 Å². The summed E-state index contributed by atoms with van der Waals surface area (Å²) in [7, 11) is 1.63. The van der Waals surface area contributed by atoms with E-state index in [0.29, 0.717) is 24.3 Å². The van der Waals surface area contributed by atoms with Crippen molar-refractivity contribution in [2.75, 3.05) is 31.2 Å². The van der Waals surface area contributed by atoms with Gasteiger partial charge in [-0.1, -0.05) is 0 Å². The zero-order valence-corrected chi connectivity index (χ0v) is 11.3. The largest absolute Gasteiger partial charge is 0.384 e. The predicted octanol–water partition coefficient (Wildman–Crippen LogP) is 0.854. The molecule has 1 aromatic heterocycles. The Morgan fingerprint density at radius 1 is 1.42 bits per heavy atom. The number of hydrogen-bond donors (Lipinski definition) is 2. The van der Waals surface area contributed by atoms with Crippen molar-refractivity contribution < 1.29 is 4.74 Å². The third-order valence-corrected chi connectivity index (χ3v) is 3.70. The normalized spacial score (nSPS) is 23.7. The van der Waals surface area contributed by atoms with E-state index in [2.05, 4.69) is 20.2 Å². The average Bonchev–Trinajstić information content (AvgIpc) is 3.11. The second-order valence-electron chi connectivity index (χ2n) is 5.38. The minimum absolute atomic E-state index is 0.387. The maximum atomic E-state index is 5.79. The van der Waals surface area contributed by atoms with E-state index in [1.165, 1.54) is 25.8 Å². The molecule has 0 spiro atoms. The number of rotatable bonds is 5. The van der Waals surface area contributed by atoms with Gasteiger partial charge in [-0.3, -0.25) is 4.90 Å². The Morgan fingerprint density at radius 2 is 2.26 bits per heavy atom. The summed E-state index contributed by atoms with van der Waals surface area (Å²) in [6.45, 7) is 2.68. The van der Waals surface area contributed by atoms with E-state index in [1.807, 2.05) is 0 Å². The topological polar surface area (TPSA) is 76.3 Å². The molecule has 2 aliphatic rings. The molecule has 104 valence electrons. The molecule has 0 bridgehead atoms. The highest BCUT2D eigenvalue weighted by Crippen LogP contribution is 2.30. The van der Waals surface area contributed by atoms with Gasteiger partial charge in [-0.2, -0.15) is 0 Å². The number of methoxy groups -OCH3 is 1. The van der Waals surface area contributed by atoms with Gasteiger partial charge in [-0.25, -0.2) is 9.97 Å². The number of nitrogens with two attached hydrogens (primary N) is 1. The highest BCUT2D eigenvalue weighted by molar-refractivity contribution is 5.45. The number of nitrogens with one attached hydrogen (secondary N) is 1. The van der Waals surface area contributed by atoms with E-state index in [4.69, 9.17) is 10.5 Å². The van der Waals surface area contributed by atoms with Crippen LogP contribution in [0.5, 0.6) is 0 Å². The Bertz CT molecular complexity index is 449. The molecular weight excluding hydrogens is 242 g/mol. The molecule has 0 radical (unpaired) electrons. The van der Waals surface area contributed by atoms with Gasteiger partial charge in [0.25, 0.3) is 0 Å². The van der Waals surface area contributed by atoms with Crippen LogP contribution >= 0.6 is 0 Å². The van der Waals surface area contributed by atoms with Crippen molar-refractivity contribution >= 4 is 11.6 Å². The zero-order chi connectivity index (χ0) is 13.2. The summed E-state index contributed by atoms with van der Waals surface area (Å²) in [6, 6.07) is 3.09. The van der Waals surface area contributed by atoms with Crippen LogP contribution in [0, 0.1) is 0 Å². The summed E-state index contributed by atoms with van der Waals surface area (Å²) >= 11 is 0. The first-order valence-corrected chi connectivity index (χ1v) is 6.87. The number of nitrogen functional groups attached to an aromatic ring is 1. The third kappa shape index (κ3) is 3.13. The fourth-order valence-corrected chi connectivity index (χ4v) is 2.67. The van der Waals surface area contributed by atoms with Crippen LogP contribution in [0.15, 0.2) is 6.07 Å². The minimum Gasteiger partial charge on any atom is -0.384 e. The van der Waals surface area contributed by atoms with Gasteiger partial charge >= 0.3 is 0 Å². The Morgan fingerprint density at radius 3 is 3.00 bits per heavy atom. The lowest BCUT2D eigenvalue weighted by molar-refractivity contribution is 0.178. The number of aromatic nitrogens is 2. The van der Waals surface area contributed by atoms with E-state index in [1.54, 1.807) is 13.2 Å². The van der Waals surface area contributed by atoms with Crippen molar-refractivity contribution in [2.24, 2.45) is 0 Å². The predicted molar refractivity (Wildman–Crippen MR) is 73.8 cm³/mol. The summed E-state index contributed by atoms with van der Waals surface area (Å²) in [4.78, 5) is 11.1. The first-order chi connectivity index (χ1) is 9.24. The molecule has 1 aliphatic heterocycles. The maximum absolute atomic E-state index is 5.79. The molecule has 1 atom stereocenters. The maximum Gasteiger partial charge on any atom is 0.158 e. The number of hydrogen-bond acceptors (Lipinski definition) is 6. The molecule has 1 saturated carbocycles. The van der Waals surface area contributed by atoms with Crippen LogP contribution in [-0.2, 0) is 11.3 Å². The molecule has 2 fully saturated rings. The van der Waals surface area contributed by atoms with Crippen molar-refractivity contribution in [2.45, 2.75) is 38.0 Å². The van der Waals surface area contributed by atoms with E-state index in [0.717, 1.165) is 18.4 Å². The molecule has 1 saturated heterocycles. The van der Waals surface area contributed by atoms with Gasteiger partial charge in [-0.05, 0) is 19.3 Å². The van der Waals surface area contributed by atoms with E-state index < -0.39 is 0 Å². The molecule has 3 N–H and O–H groups in total. The fourth-order valence-electron chi connectivity index (χ4n) is 2.67. The Hall–Kier alpha value is -1.40. The van der Waals surface area contributed by atoms with Crippen LogP contribution in [0.25, 0.3) is 0 Å². The zero-order valence-electron chi connectivity index (χ0n) is 11.3. The van der Waals surface area contributed by atoms with Crippen LogP contribution in [0.2, 0.25) is 0 Å². The molecular formula is C13H21N5O. The molecule has 1 aliphatic carbocycles. The SMILES string of the molecule is COCc1nc(N)cc(NC2CCN(C3CC3)C2)n1. The second kappa shape index (κ2) is 5.30. The first kappa shape index (κ1) is 12.6. The molecule has 0 aromatic carbocycles. The van der Waals surface area contributed by atoms with Crippen LogP contribution < -0.4 is 11.1 Å². The molecule has 0 amide bonds. The van der Waals surface area contributed by atoms with E-state index in [9.17, 15) is 0 Å². The van der Waals surface area contributed by atoms with Crippen LogP contribution in [0.3, 0.4) is 0 Å². The molecule has 2 heterocycles. The summed E-state index contributed by atoms with van der Waals surface area (Å²) in [5, 5.41) is 3.46. The highest BCUT2D eigenvalue weighted by atomic mass is 16.5. The van der Waals surface area contributed by atoms with E-state index in [-0.39, 0.29) is 0 Å². The number of nitrogens with zero attached hydrogens (tertiary/aromatic N) is 3. The highest BCUT2D eigenvalue weighted by Gasteiger charge is 2.34. The first-order valence-electron chi connectivity index (χ1n) is 6.87. The average molecular weight is 263 g/mol. The monoisotopic (exact) mass is 263 g/mol. The molecule has 1 aromatic rings. The summed E-state index contributed by atoms with van der Waals surface area (Å²) < 4.78 is 5.05. The van der Waals surface area contributed by atoms with Gasteiger partial charge in [0, 0.05) is 38.3 Å². The van der Waals surface area contributed by atoms with Crippen LogP contribution in [0.4, 0.5) is 11.6 Å². The summed E-state index contributed by atoms with van der Waals surface area (Å²) in [6.07, 6.45) is 3.90. The lowest BCUT2D eigenvalue weighted by atomic mass is 10.2. The molecule has 6 heteroatoms. The van der Waals surface area contributed by atoms with Gasteiger partial charge in [0.1, 0.15) is 18.2 Å². The van der Waals surface area contributed by atoms with Crippen molar-refractivity contribution in [3.8, 4) is 0 Å². The smallest absolute Gasteiger partial charge is 0.158 e. The summed E-state index contributed by atoms with van der Waals surface area (Å²) in [5.41, 5.74) is 5.79. The third-order valence-electron chi connectivity index (χ3n) is 3.70. The Balaban J connectivity index is 1.62. The van der Waals surface area contributed by atoms with Crippen molar-refractivity contribution in [1.82, 2.24) is 14.9 Å². The molecule has 1 unspecified atom stereocenters. The van der Waals surface area contributed by atoms with E-state index >= 15 is 0 Å². The van der Waals surface area contributed by atoms with Gasteiger partial charge in [0.05, 0.1) is 0 Å². The quantitative estimate of drug-likeness (QED) is 0.820. The van der Waals surface area contributed by atoms with Gasteiger partial charge in [0.2, 0.25) is 0 Å². The molecule has 6 nitrogen and oxygen atoms in total. The Labute approximate surface area is 113 Å². The number of ether oxygens (including phenoxy) is 1. The van der Waals surface area contributed by atoms with Crippen LogP contribution in [0.1, 0.15) is 25.1 Å². The van der Waals surface area contributed by atoms with Crippen molar-refractivity contribution in [3.05, 3.63) is 11.9 Å². The summed E-state index contributed by atoms with van der Waals surface area (Å²) in [5.74, 6) is 1.92. The minimum atomic E-state index is 0.387. The van der Waals surface area contributed by atoms with Crippen LogP contribution in [-0.4, -0.2) is 47.2 Å².